The number of halogens is 1. The van der Waals surface area contributed by atoms with Crippen molar-refractivity contribution in [2.24, 2.45) is 0 Å². The first kappa shape index (κ1) is 12.5. The monoisotopic (exact) mass is 237 g/mol. The van der Waals surface area contributed by atoms with Crippen LogP contribution in [0.3, 0.4) is 0 Å². The second-order valence-corrected chi connectivity index (χ2v) is 4.64. The average molecular weight is 237 g/mol. The van der Waals surface area contributed by atoms with Crippen molar-refractivity contribution in [1.29, 1.82) is 0 Å². The summed E-state index contributed by atoms with van der Waals surface area (Å²) in [5.74, 6) is -0.0890. The lowest BCUT2D eigenvalue weighted by molar-refractivity contribution is 0.0374. The lowest BCUT2D eigenvalue weighted by Gasteiger charge is -2.26. The maximum Gasteiger partial charge on any atom is 0.126 e. The molecule has 1 saturated heterocycles. The summed E-state index contributed by atoms with van der Waals surface area (Å²) in [5, 5.41) is 0. The molecule has 0 amide bonds. The summed E-state index contributed by atoms with van der Waals surface area (Å²) < 4.78 is 18.6. The Bertz CT molecular complexity index is 361. The van der Waals surface area contributed by atoms with Gasteiger partial charge in [-0.15, -0.1) is 0 Å². The first-order valence-corrected chi connectivity index (χ1v) is 6.31. The van der Waals surface area contributed by atoms with E-state index in [9.17, 15) is 4.39 Å². The van der Waals surface area contributed by atoms with Gasteiger partial charge in [0.15, 0.2) is 0 Å². The Labute approximate surface area is 102 Å². The Hall–Kier alpha value is -0.930. The lowest BCUT2D eigenvalue weighted by atomic mass is 10.1. The molecule has 0 bridgehead atoms. The van der Waals surface area contributed by atoms with Crippen LogP contribution in [0, 0.1) is 12.7 Å². The third kappa shape index (κ3) is 3.79. The van der Waals surface area contributed by atoms with Crippen LogP contribution in [0.25, 0.3) is 0 Å². The zero-order valence-electron chi connectivity index (χ0n) is 10.4. The largest absolute Gasteiger partial charge is 0.379 e. The van der Waals surface area contributed by atoms with Crippen LogP contribution in [0.15, 0.2) is 18.2 Å². The van der Waals surface area contributed by atoms with Gasteiger partial charge in [0.2, 0.25) is 0 Å². The van der Waals surface area contributed by atoms with Crippen LogP contribution < -0.4 is 0 Å². The van der Waals surface area contributed by atoms with Gasteiger partial charge in [-0.05, 0) is 43.5 Å². The van der Waals surface area contributed by atoms with E-state index in [-0.39, 0.29) is 5.82 Å². The highest BCUT2D eigenvalue weighted by Gasteiger charge is 2.09. The van der Waals surface area contributed by atoms with E-state index >= 15 is 0 Å². The molecule has 0 spiro atoms. The van der Waals surface area contributed by atoms with E-state index in [0.717, 1.165) is 56.8 Å². The number of hydrogen-bond acceptors (Lipinski definition) is 2. The van der Waals surface area contributed by atoms with Gasteiger partial charge in [0.25, 0.3) is 0 Å². The van der Waals surface area contributed by atoms with Gasteiger partial charge >= 0.3 is 0 Å². The van der Waals surface area contributed by atoms with Crippen molar-refractivity contribution in [3.05, 3.63) is 35.1 Å². The molecule has 17 heavy (non-hydrogen) atoms. The predicted molar refractivity (Wildman–Crippen MR) is 66.7 cm³/mol. The van der Waals surface area contributed by atoms with E-state index in [4.69, 9.17) is 4.74 Å². The number of nitrogens with zero attached hydrogens (tertiary/aromatic N) is 1. The fourth-order valence-electron chi connectivity index (χ4n) is 2.12. The average Bonchev–Trinajstić information content (AvgIpc) is 2.35. The number of benzene rings is 1. The van der Waals surface area contributed by atoms with Gasteiger partial charge in [0.05, 0.1) is 13.2 Å². The first-order valence-electron chi connectivity index (χ1n) is 6.31. The Morgan fingerprint density at radius 2 is 2.06 bits per heavy atom. The fourth-order valence-corrected chi connectivity index (χ4v) is 2.12. The minimum absolute atomic E-state index is 0.0890. The van der Waals surface area contributed by atoms with Crippen LogP contribution >= 0.6 is 0 Å². The molecule has 2 rings (SSSR count). The third-order valence-corrected chi connectivity index (χ3v) is 3.28. The van der Waals surface area contributed by atoms with Gasteiger partial charge in [-0.3, -0.25) is 4.90 Å². The van der Waals surface area contributed by atoms with Crippen molar-refractivity contribution in [3.8, 4) is 0 Å². The van der Waals surface area contributed by atoms with Crippen LogP contribution in [0.1, 0.15) is 17.5 Å². The summed E-state index contributed by atoms with van der Waals surface area (Å²) in [6, 6.07) is 5.55. The van der Waals surface area contributed by atoms with Crippen LogP contribution in [0.4, 0.5) is 4.39 Å². The minimum atomic E-state index is -0.0890. The van der Waals surface area contributed by atoms with E-state index in [0.29, 0.717) is 0 Å². The maximum atomic E-state index is 13.3. The van der Waals surface area contributed by atoms with E-state index in [1.165, 1.54) is 0 Å². The van der Waals surface area contributed by atoms with Gasteiger partial charge in [0, 0.05) is 13.1 Å². The molecular formula is C14H20FNO. The lowest BCUT2D eigenvalue weighted by Crippen LogP contribution is -2.36. The Morgan fingerprint density at radius 1 is 1.29 bits per heavy atom. The summed E-state index contributed by atoms with van der Waals surface area (Å²) in [7, 11) is 0. The van der Waals surface area contributed by atoms with Crippen molar-refractivity contribution in [2.45, 2.75) is 19.8 Å². The highest BCUT2D eigenvalue weighted by atomic mass is 19.1. The highest BCUT2D eigenvalue weighted by molar-refractivity contribution is 5.23. The zero-order chi connectivity index (χ0) is 12.1. The molecule has 1 aromatic rings. The quantitative estimate of drug-likeness (QED) is 0.797. The molecule has 0 aromatic heterocycles. The summed E-state index contributed by atoms with van der Waals surface area (Å²) in [4.78, 5) is 2.41. The van der Waals surface area contributed by atoms with Crippen LogP contribution in [-0.4, -0.2) is 37.7 Å². The van der Waals surface area contributed by atoms with Gasteiger partial charge < -0.3 is 4.74 Å². The van der Waals surface area contributed by atoms with Crippen molar-refractivity contribution < 1.29 is 9.13 Å². The number of rotatable bonds is 4. The van der Waals surface area contributed by atoms with Crippen molar-refractivity contribution in [1.82, 2.24) is 4.90 Å². The molecule has 0 aliphatic carbocycles. The molecule has 0 atom stereocenters. The summed E-state index contributed by atoms with van der Waals surface area (Å²) >= 11 is 0. The standard InChI is InChI=1S/C14H20FNO/c1-12-4-5-13(11-14(12)15)3-2-6-16-7-9-17-10-8-16/h4-5,11H,2-3,6-10H2,1H3. The Kier molecular flexibility index (Phi) is 4.51. The second kappa shape index (κ2) is 6.12. The minimum Gasteiger partial charge on any atom is -0.379 e. The number of aryl methyl sites for hydroxylation is 2. The smallest absolute Gasteiger partial charge is 0.126 e. The van der Waals surface area contributed by atoms with Gasteiger partial charge in [0.1, 0.15) is 5.82 Å². The number of hydrogen-bond donors (Lipinski definition) is 0. The normalized spacial score (nSPS) is 17.3. The first-order chi connectivity index (χ1) is 8.25. The topological polar surface area (TPSA) is 12.5 Å². The zero-order valence-corrected chi connectivity index (χ0v) is 10.4. The molecule has 1 aliphatic heterocycles. The van der Waals surface area contributed by atoms with Crippen molar-refractivity contribution >= 4 is 0 Å². The molecule has 94 valence electrons. The molecule has 0 N–H and O–H groups in total. The molecule has 1 aliphatic rings. The SMILES string of the molecule is Cc1ccc(CCCN2CCOCC2)cc1F. The summed E-state index contributed by atoms with van der Waals surface area (Å²) in [6.07, 6.45) is 2.04. The third-order valence-electron chi connectivity index (χ3n) is 3.28. The van der Waals surface area contributed by atoms with Gasteiger partial charge in [-0.1, -0.05) is 12.1 Å². The summed E-state index contributed by atoms with van der Waals surface area (Å²) in [5.41, 5.74) is 1.82. The molecule has 1 fully saturated rings. The fraction of sp³-hybridized carbons (Fsp3) is 0.571. The second-order valence-electron chi connectivity index (χ2n) is 4.64. The van der Waals surface area contributed by atoms with Crippen LogP contribution in [0.2, 0.25) is 0 Å². The van der Waals surface area contributed by atoms with Gasteiger partial charge in [-0.2, -0.15) is 0 Å². The summed E-state index contributed by atoms with van der Waals surface area (Å²) in [6.45, 7) is 6.63. The molecule has 0 saturated carbocycles. The molecule has 1 aromatic carbocycles. The maximum absolute atomic E-state index is 13.3. The van der Waals surface area contributed by atoms with Crippen molar-refractivity contribution in [3.63, 3.8) is 0 Å². The highest BCUT2D eigenvalue weighted by Crippen LogP contribution is 2.11. The van der Waals surface area contributed by atoms with Crippen molar-refractivity contribution in [2.75, 3.05) is 32.8 Å². The molecular weight excluding hydrogens is 217 g/mol. The number of morpholine rings is 1. The van der Waals surface area contributed by atoms with Crippen LogP contribution in [-0.2, 0) is 11.2 Å². The molecule has 3 heteroatoms. The Morgan fingerprint density at radius 3 is 2.76 bits per heavy atom. The molecule has 0 radical (unpaired) electrons. The molecule has 0 unspecified atom stereocenters. The van der Waals surface area contributed by atoms with E-state index in [1.807, 2.05) is 12.1 Å². The van der Waals surface area contributed by atoms with Gasteiger partial charge in [-0.25, -0.2) is 4.39 Å². The van der Waals surface area contributed by atoms with Crippen LogP contribution in [0.5, 0.6) is 0 Å². The van der Waals surface area contributed by atoms with E-state index in [1.54, 1.807) is 13.0 Å². The van der Waals surface area contributed by atoms with E-state index in [2.05, 4.69) is 4.90 Å². The predicted octanol–water partition coefficient (Wildman–Crippen LogP) is 2.40. The molecule has 1 heterocycles. The Balaban J connectivity index is 1.75. The molecule has 2 nitrogen and oxygen atoms in total. The number of ether oxygens (including phenoxy) is 1. The van der Waals surface area contributed by atoms with E-state index < -0.39 is 0 Å².